The number of nitrogens with zero attached hydrogens (tertiary/aromatic N) is 1. The zero-order valence-corrected chi connectivity index (χ0v) is 13.5. The molecule has 4 heteroatoms. The molecule has 1 aliphatic heterocycles. The summed E-state index contributed by atoms with van der Waals surface area (Å²) < 4.78 is 5.19. The summed E-state index contributed by atoms with van der Waals surface area (Å²) in [4.78, 5) is 4.82. The quantitative estimate of drug-likeness (QED) is 0.914. The van der Waals surface area contributed by atoms with Crippen LogP contribution in [-0.2, 0) is 11.2 Å². The van der Waals surface area contributed by atoms with E-state index in [1.807, 2.05) is 11.8 Å². The van der Waals surface area contributed by atoms with Crippen molar-refractivity contribution in [3.05, 3.63) is 29.8 Å². The predicted molar refractivity (Wildman–Crippen MR) is 91.3 cm³/mol. The first-order valence-corrected chi connectivity index (χ1v) is 8.81. The zero-order valence-electron chi connectivity index (χ0n) is 12.7. The summed E-state index contributed by atoms with van der Waals surface area (Å²) in [6.45, 7) is 1.75. The van der Waals surface area contributed by atoms with Crippen molar-refractivity contribution in [2.24, 2.45) is 10.4 Å². The minimum atomic E-state index is 0.505. The van der Waals surface area contributed by atoms with E-state index in [0.29, 0.717) is 5.41 Å². The van der Waals surface area contributed by atoms with Gasteiger partial charge in [-0.15, -0.1) is 0 Å². The lowest BCUT2D eigenvalue weighted by molar-refractivity contribution is 0.202. The SMILES string of the molecule is COCCc1ccccc1NC1=NCC2(CCCC2)CS1. The molecule has 0 aromatic heterocycles. The molecule has 1 aromatic rings. The molecule has 114 valence electrons. The highest BCUT2D eigenvalue weighted by Crippen LogP contribution is 2.43. The summed E-state index contributed by atoms with van der Waals surface area (Å²) in [5.41, 5.74) is 2.97. The van der Waals surface area contributed by atoms with Gasteiger partial charge in [-0.25, -0.2) is 0 Å². The maximum Gasteiger partial charge on any atom is 0.161 e. The maximum atomic E-state index is 5.19. The van der Waals surface area contributed by atoms with Crippen LogP contribution in [0.5, 0.6) is 0 Å². The van der Waals surface area contributed by atoms with Gasteiger partial charge < -0.3 is 10.1 Å². The standard InChI is InChI=1S/C17H24N2OS/c1-20-11-8-14-6-2-3-7-15(14)19-16-18-12-17(13-21-16)9-4-5-10-17/h2-3,6-7H,4-5,8-13H2,1H3,(H,18,19). The summed E-state index contributed by atoms with van der Waals surface area (Å²) in [5, 5.41) is 4.60. The number of benzene rings is 1. The molecule has 2 aliphatic rings. The first-order chi connectivity index (χ1) is 10.3. The summed E-state index contributed by atoms with van der Waals surface area (Å²) in [6, 6.07) is 8.45. The lowest BCUT2D eigenvalue weighted by Crippen LogP contribution is -2.30. The molecule has 3 nitrogen and oxygen atoms in total. The molecule has 1 saturated carbocycles. The third-order valence-corrected chi connectivity index (χ3v) is 5.83. The van der Waals surface area contributed by atoms with Crippen LogP contribution in [-0.4, -0.2) is 31.2 Å². The van der Waals surface area contributed by atoms with Gasteiger partial charge in [0.2, 0.25) is 0 Å². The van der Waals surface area contributed by atoms with Crippen LogP contribution in [0.1, 0.15) is 31.2 Å². The van der Waals surface area contributed by atoms with Gasteiger partial charge >= 0.3 is 0 Å². The Morgan fingerprint density at radius 2 is 2.10 bits per heavy atom. The molecule has 0 bridgehead atoms. The first-order valence-electron chi connectivity index (χ1n) is 7.82. The Kier molecular flexibility index (Phi) is 4.86. The van der Waals surface area contributed by atoms with Crippen LogP contribution in [0, 0.1) is 5.41 Å². The van der Waals surface area contributed by atoms with Gasteiger partial charge in [0.1, 0.15) is 0 Å². The van der Waals surface area contributed by atoms with E-state index in [4.69, 9.17) is 9.73 Å². The van der Waals surface area contributed by atoms with Crippen LogP contribution in [0.4, 0.5) is 5.69 Å². The van der Waals surface area contributed by atoms with E-state index in [1.54, 1.807) is 7.11 Å². The lowest BCUT2D eigenvalue weighted by atomic mass is 9.89. The molecule has 1 spiro atoms. The number of anilines is 1. The molecule has 0 radical (unpaired) electrons. The third kappa shape index (κ3) is 3.61. The second-order valence-electron chi connectivity index (χ2n) is 6.14. The van der Waals surface area contributed by atoms with Crippen molar-refractivity contribution in [1.82, 2.24) is 0 Å². The molecule has 0 saturated heterocycles. The Hall–Kier alpha value is -1.000. The molecule has 1 N–H and O–H groups in total. The Morgan fingerprint density at radius 3 is 2.81 bits per heavy atom. The minimum Gasteiger partial charge on any atom is -0.384 e. The number of methoxy groups -OCH3 is 1. The average molecular weight is 304 g/mol. The third-order valence-electron chi connectivity index (χ3n) is 4.57. The van der Waals surface area contributed by atoms with Crippen LogP contribution in [0.15, 0.2) is 29.3 Å². The Labute approximate surface area is 131 Å². The molecule has 1 heterocycles. The van der Waals surface area contributed by atoms with Crippen molar-refractivity contribution in [3.63, 3.8) is 0 Å². The number of thioether (sulfide) groups is 1. The number of amidine groups is 1. The Morgan fingerprint density at radius 1 is 1.29 bits per heavy atom. The molecule has 3 rings (SSSR count). The molecular formula is C17H24N2OS. The Bertz CT molecular complexity index is 509. The smallest absolute Gasteiger partial charge is 0.161 e. The molecule has 21 heavy (non-hydrogen) atoms. The highest BCUT2D eigenvalue weighted by atomic mass is 32.2. The van der Waals surface area contributed by atoms with Crippen molar-refractivity contribution in [2.75, 3.05) is 31.3 Å². The second-order valence-corrected chi connectivity index (χ2v) is 7.11. The largest absolute Gasteiger partial charge is 0.384 e. The summed E-state index contributed by atoms with van der Waals surface area (Å²) in [5.74, 6) is 1.22. The van der Waals surface area contributed by atoms with Crippen molar-refractivity contribution in [1.29, 1.82) is 0 Å². The van der Waals surface area contributed by atoms with Gasteiger partial charge in [0.25, 0.3) is 0 Å². The lowest BCUT2D eigenvalue weighted by Gasteiger charge is -2.31. The Balaban J connectivity index is 1.66. The monoisotopic (exact) mass is 304 g/mol. The van der Waals surface area contributed by atoms with E-state index in [1.165, 1.54) is 42.7 Å². The van der Waals surface area contributed by atoms with E-state index < -0.39 is 0 Å². The highest BCUT2D eigenvalue weighted by molar-refractivity contribution is 8.14. The number of aliphatic imine (C=N–C) groups is 1. The molecule has 1 aromatic carbocycles. The number of hydrogen-bond donors (Lipinski definition) is 1. The molecule has 0 amide bonds. The van der Waals surface area contributed by atoms with Gasteiger partial charge in [-0.05, 0) is 36.3 Å². The van der Waals surface area contributed by atoms with Crippen molar-refractivity contribution < 1.29 is 4.74 Å². The second kappa shape index (κ2) is 6.84. The fraction of sp³-hybridized carbons (Fsp3) is 0.588. The number of para-hydroxylation sites is 1. The molecule has 0 unspecified atom stereocenters. The van der Waals surface area contributed by atoms with E-state index in [-0.39, 0.29) is 0 Å². The minimum absolute atomic E-state index is 0.505. The van der Waals surface area contributed by atoms with E-state index >= 15 is 0 Å². The van der Waals surface area contributed by atoms with Crippen LogP contribution in [0.25, 0.3) is 0 Å². The van der Waals surface area contributed by atoms with Gasteiger partial charge in [-0.1, -0.05) is 42.8 Å². The maximum absolute atomic E-state index is 5.19. The topological polar surface area (TPSA) is 33.6 Å². The fourth-order valence-electron chi connectivity index (χ4n) is 3.24. The van der Waals surface area contributed by atoms with Gasteiger partial charge in [0.05, 0.1) is 6.61 Å². The van der Waals surface area contributed by atoms with Crippen LogP contribution >= 0.6 is 11.8 Å². The zero-order chi connectivity index (χ0) is 14.5. The van der Waals surface area contributed by atoms with E-state index in [2.05, 4.69) is 29.6 Å². The summed E-state index contributed by atoms with van der Waals surface area (Å²) in [7, 11) is 1.75. The molecule has 1 fully saturated rings. The molecule has 1 aliphatic carbocycles. The molecule has 0 atom stereocenters. The van der Waals surface area contributed by atoms with Gasteiger partial charge in [-0.3, -0.25) is 4.99 Å². The number of nitrogens with one attached hydrogen (secondary N) is 1. The highest BCUT2D eigenvalue weighted by Gasteiger charge is 2.36. The fourth-order valence-corrected chi connectivity index (χ4v) is 4.40. The van der Waals surface area contributed by atoms with E-state index in [0.717, 1.165) is 24.7 Å². The summed E-state index contributed by atoms with van der Waals surface area (Å²) in [6.07, 6.45) is 6.43. The normalized spacial score (nSPS) is 20.5. The van der Waals surface area contributed by atoms with Crippen molar-refractivity contribution in [2.45, 2.75) is 32.1 Å². The van der Waals surface area contributed by atoms with Crippen molar-refractivity contribution >= 4 is 22.6 Å². The molecular weight excluding hydrogens is 280 g/mol. The van der Waals surface area contributed by atoms with Crippen molar-refractivity contribution in [3.8, 4) is 0 Å². The van der Waals surface area contributed by atoms with Gasteiger partial charge in [0, 0.05) is 25.1 Å². The summed E-state index contributed by atoms with van der Waals surface area (Å²) >= 11 is 1.89. The number of hydrogen-bond acceptors (Lipinski definition) is 4. The van der Waals surface area contributed by atoms with Gasteiger partial charge in [0.15, 0.2) is 5.17 Å². The first kappa shape index (κ1) is 14.9. The average Bonchev–Trinajstić information content (AvgIpc) is 2.97. The van der Waals surface area contributed by atoms with Crippen LogP contribution in [0.3, 0.4) is 0 Å². The number of rotatable bonds is 4. The van der Waals surface area contributed by atoms with Crippen LogP contribution < -0.4 is 5.32 Å². The van der Waals surface area contributed by atoms with Gasteiger partial charge in [-0.2, -0.15) is 0 Å². The van der Waals surface area contributed by atoms with Crippen LogP contribution in [0.2, 0.25) is 0 Å². The predicted octanol–water partition coefficient (Wildman–Crippen LogP) is 3.95. The number of ether oxygens (including phenoxy) is 1. The van der Waals surface area contributed by atoms with E-state index in [9.17, 15) is 0 Å².